The minimum Gasteiger partial charge on any atom is -0.337 e. The van der Waals surface area contributed by atoms with Crippen LogP contribution in [0.2, 0.25) is 0 Å². The van der Waals surface area contributed by atoms with E-state index >= 15 is 0 Å². The molecule has 20 heavy (non-hydrogen) atoms. The normalized spacial score (nSPS) is 19.3. The van der Waals surface area contributed by atoms with Gasteiger partial charge in [-0.3, -0.25) is 9.78 Å². The van der Waals surface area contributed by atoms with Gasteiger partial charge in [0.15, 0.2) is 0 Å². The molecule has 1 aliphatic heterocycles. The van der Waals surface area contributed by atoms with Crippen molar-refractivity contribution in [2.75, 3.05) is 18.8 Å². The van der Waals surface area contributed by atoms with Gasteiger partial charge in [-0.1, -0.05) is 13.0 Å². The van der Waals surface area contributed by atoms with Gasteiger partial charge in [-0.2, -0.15) is 0 Å². The lowest BCUT2D eigenvalue weighted by Gasteiger charge is -2.17. The van der Waals surface area contributed by atoms with Gasteiger partial charge >= 0.3 is 0 Å². The maximum atomic E-state index is 12.4. The summed E-state index contributed by atoms with van der Waals surface area (Å²) in [5.41, 5.74) is 1.37. The largest absolute Gasteiger partial charge is 0.337 e. The summed E-state index contributed by atoms with van der Waals surface area (Å²) in [6, 6.07) is 3.70. The first-order chi connectivity index (χ1) is 9.40. The summed E-state index contributed by atoms with van der Waals surface area (Å²) >= 11 is 0. The Morgan fingerprint density at radius 3 is 2.95 bits per heavy atom. The van der Waals surface area contributed by atoms with Gasteiger partial charge in [0.1, 0.15) is 5.69 Å². The third kappa shape index (κ3) is 3.55. The molecule has 2 rings (SSSR count). The molecular weight excluding hydrogens is 278 g/mol. The molecule has 1 unspecified atom stereocenters. The first kappa shape index (κ1) is 14.9. The van der Waals surface area contributed by atoms with Gasteiger partial charge in [0, 0.05) is 19.3 Å². The summed E-state index contributed by atoms with van der Waals surface area (Å²) in [6.07, 6.45) is 3.00. The molecular formula is C13H19N3O3S. The summed E-state index contributed by atoms with van der Waals surface area (Å²) in [4.78, 5) is 18.2. The molecule has 0 saturated carbocycles. The number of aromatic nitrogens is 1. The van der Waals surface area contributed by atoms with Crippen molar-refractivity contribution in [3.8, 4) is 0 Å². The Balaban J connectivity index is 2.08. The smallest absolute Gasteiger partial charge is 0.272 e. The highest BCUT2D eigenvalue weighted by molar-refractivity contribution is 7.89. The average molecular weight is 297 g/mol. The number of sulfonamides is 1. The van der Waals surface area contributed by atoms with E-state index in [4.69, 9.17) is 5.14 Å². The van der Waals surface area contributed by atoms with Crippen LogP contribution < -0.4 is 5.14 Å². The number of primary sulfonamides is 1. The van der Waals surface area contributed by atoms with Crippen LogP contribution in [0.25, 0.3) is 0 Å². The van der Waals surface area contributed by atoms with Gasteiger partial charge in [-0.05, 0) is 30.4 Å². The number of rotatable bonds is 4. The quantitative estimate of drug-likeness (QED) is 0.870. The Bertz CT molecular complexity index is 601. The highest BCUT2D eigenvalue weighted by Gasteiger charge is 2.30. The van der Waals surface area contributed by atoms with Crippen molar-refractivity contribution in [3.05, 3.63) is 29.6 Å². The Labute approximate surface area is 119 Å². The van der Waals surface area contributed by atoms with Crippen molar-refractivity contribution < 1.29 is 13.2 Å². The van der Waals surface area contributed by atoms with Crippen molar-refractivity contribution in [1.29, 1.82) is 0 Å². The monoisotopic (exact) mass is 297 g/mol. The van der Waals surface area contributed by atoms with E-state index in [9.17, 15) is 13.2 Å². The maximum Gasteiger partial charge on any atom is 0.272 e. The van der Waals surface area contributed by atoms with E-state index in [1.807, 2.05) is 19.1 Å². The molecule has 1 aromatic heterocycles. The molecule has 0 aliphatic carbocycles. The van der Waals surface area contributed by atoms with Crippen LogP contribution in [-0.2, 0) is 16.4 Å². The number of nitrogens with zero attached hydrogens (tertiary/aromatic N) is 2. The van der Waals surface area contributed by atoms with Crippen LogP contribution in [0.5, 0.6) is 0 Å². The summed E-state index contributed by atoms with van der Waals surface area (Å²) in [6.45, 7) is 2.95. The summed E-state index contributed by atoms with van der Waals surface area (Å²) in [7, 11) is -3.49. The molecule has 1 amide bonds. The fraction of sp³-hybridized carbons (Fsp3) is 0.538. The number of aryl methyl sites for hydroxylation is 1. The molecule has 2 heterocycles. The molecule has 1 atom stereocenters. The molecule has 0 aromatic carbocycles. The van der Waals surface area contributed by atoms with E-state index in [0.29, 0.717) is 25.2 Å². The van der Waals surface area contributed by atoms with Crippen LogP contribution in [0.4, 0.5) is 0 Å². The van der Waals surface area contributed by atoms with E-state index in [0.717, 1.165) is 12.0 Å². The zero-order valence-electron chi connectivity index (χ0n) is 11.4. The molecule has 1 aliphatic rings. The topological polar surface area (TPSA) is 93.4 Å². The number of carbonyl (C=O) groups is 1. The van der Waals surface area contributed by atoms with Gasteiger partial charge in [0.05, 0.1) is 5.75 Å². The minimum absolute atomic E-state index is 0.0698. The lowest BCUT2D eigenvalue weighted by atomic mass is 10.1. The van der Waals surface area contributed by atoms with E-state index in [-0.39, 0.29) is 17.6 Å². The van der Waals surface area contributed by atoms with Crippen LogP contribution in [0.3, 0.4) is 0 Å². The lowest BCUT2D eigenvalue weighted by molar-refractivity contribution is 0.0781. The van der Waals surface area contributed by atoms with Gasteiger partial charge in [0.25, 0.3) is 5.91 Å². The highest BCUT2D eigenvalue weighted by atomic mass is 32.2. The van der Waals surface area contributed by atoms with Crippen LogP contribution in [-0.4, -0.2) is 43.1 Å². The van der Waals surface area contributed by atoms with Crippen molar-refractivity contribution in [2.45, 2.75) is 19.8 Å². The molecule has 7 heteroatoms. The molecule has 0 bridgehead atoms. The predicted molar refractivity (Wildman–Crippen MR) is 75.6 cm³/mol. The fourth-order valence-electron chi connectivity index (χ4n) is 2.55. The number of likely N-dealkylation sites (tertiary alicyclic amines) is 1. The van der Waals surface area contributed by atoms with Gasteiger partial charge < -0.3 is 4.90 Å². The Morgan fingerprint density at radius 2 is 2.30 bits per heavy atom. The van der Waals surface area contributed by atoms with Crippen molar-refractivity contribution in [3.63, 3.8) is 0 Å². The van der Waals surface area contributed by atoms with Crippen LogP contribution >= 0.6 is 0 Å². The Morgan fingerprint density at radius 1 is 1.55 bits per heavy atom. The third-order valence-corrected chi connectivity index (χ3v) is 4.45. The summed E-state index contributed by atoms with van der Waals surface area (Å²) < 4.78 is 22.2. The van der Waals surface area contributed by atoms with Crippen molar-refractivity contribution in [1.82, 2.24) is 9.88 Å². The Hall–Kier alpha value is -1.47. The predicted octanol–water partition coefficient (Wildman–Crippen LogP) is 0.395. The molecule has 1 saturated heterocycles. The second-order valence-electron chi connectivity index (χ2n) is 5.10. The zero-order chi connectivity index (χ0) is 14.8. The second-order valence-corrected chi connectivity index (χ2v) is 6.76. The SMILES string of the molecule is CCc1cccnc1C(=O)N1CCC(CS(N)(=O)=O)C1. The number of hydrogen-bond donors (Lipinski definition) is 1. The van der Waals surface area contributed by atoms with Gasteiger partial charge in [0.2, 0.25) is 10.0 Å². The van der Waals surface area contributed by atoms with E-state index < -0.39 is 10.0 Å². The van der Waals surface area contributed by atoms with E-state index in [1.54, 1.807) is 11.1 Å². The highest BCUT2D eigenvalue weighted by Crippen LogP contribution is 2.20. The summed E-state index contributed by atoms with van der Waals surface area (Å²) in [5.74, 6) is -0.276. The van der Waals surface area contributed by atoms with E-state index in [1.165, 1.54) is 0 Å². The first-order valence-electron chi connectivity index (χ1n) is 6.64. The first-order valence-corrected chi connectivity index (χ1v) is 8.36. The number of nitrogens with two attached hydrogens (primary N) is 1. The van der Waals surface area contributed by atoms with E-state index in [2.05, 4.69) is 4.98 Å². The third-order valence-electron chi connectivity index (χ3n) is 3.52. The molecule has 1 fully saturated rings. The zero-order valence-corrected chi connectivity index (χ0v) is 12.3. The van der Waals surface area contributed by atoms with Gasteiger partial charge in [-0.15, -0.1) is 0 Å². The standard InChI is InChI=1S/C13H19N3O3S/c1-2-11-4-3-6-15-12(11)13(17)16-7-5-10(8-16)9-20(14,18)19/h3-4,6,10H,2,5,7-9H2,1H3,(H2,14,18,19). The number of amides is 1. The average Bonchev–Trinajstić information content (AvgIpc) is 2.84. The fourth-order valence-corrected chi connectivity index (χ4v) is 3.48. The minimum atomic E-state index is -3.49. The number of hydrogen-bond acceptors (Lipinski definition) is 4. The van der Waals surface area contributed by atoms with Gasteiger partial charge in [-0.25, -0.2) is 13.6 Å². The molecule has 110 valence electrons. The van der Waals surface area contributed by atoms with Crippen LogP contribution in [0, 0.1) is 5.92 Å². The number of pyridine rings is 1. The molecule has 2 N–H and O–H groups in total. The summed E-state index contributed by atoms with van der Waals surface area (Å²) in [5, 5.41) is 5.05. The number of carbonyl (C=O) groups excluding carboxylic acids is 1. The maximum absolute atomic E-state index is 12.4. The molecule has 0 spiro atoms. The molecule has 6 nitrogen and oxygen atoms in total. The second kappa shape index (κ2) is 5.88. The van der Waals surface area contributed by atoms with Crippen LogP contribution in [0.15, 0.2) is 18.3 Å². The molecule has 0 radical (unpaired) electrons. The Kier molecular flexibility index (Phi) is 4.39. The lowest BCUT2D eigenvalue weighted by Crippen LogP contribution is -2.32. The van der Waals surface area contributed by atoms with Crippen LogP contribution in [0.1, 0.15) is 29.4 Å². The molecule has 1 aromatic rings. The van der Waals surface area contributed by atoms with Crippen molar-refractivity contribution in [2.24, 2.45) is 11.1 Å². The van der Waals surface area contributed by atoms with Crippen molar-refractivity contribution >= 4 is 15.9 Å².